The first-order valence-electron chi connectivity index (χ1n) is 6.01. The van der Waals surface area contributed by atoms with Crippen LogP contribution in [-0.4, -0.2) is 35.8 Å². The maximum Gasteiger partial charge on any atom is 0.246 e. The lowest BCUT2D eigenvalue weighted by Gasteiger charge is -2.32. The number of hydrogen-bond acceptors (Lipinski definition) is 2. The van der Waals surface area contributed by atoms with Crippen molar-refractivity contribution in [1.29, 1.82) is 0 Å². The normalized spacial score (nSPS) is 19.2. The Kier molecular flexibility index (Phi) is 4.37. The highest BCUT2D eigenvalue weighted by atomic mass is 79.9. The van der Waals surface area contributed by atoms with Crippen molar-refractivity contribution >= 4 is 27.7 Å². The number of halogens is 1. The topological polar surface area (TPSA) is 49.4 Å². The number of carbonyl (C=O) groups excluding carboxylic acids is 2. The molecule has 0 aromatic heterocycles. The number of benzene rings is 1. The van der Waals surface area contributed by atoms with E-state index in [0.717, 1.165) is 5.56 Å². The zero-order valence-corrected chi connectivity index (χ0v) is 12.0. The number of carbonyl (C=O) groups is 2. The monoisotopic (exact) mass is 322 g/mol. The van der Waals surface area contributed by atoms with Gasteiger partial charge in [-0.05, 0) is 5.56 Å². The van der Waals surface area contributed by atoms with Gasteiger partial charge in [0, 0.05) is 10.9 Å². The van der Waals surface area contributed by atoms with Gasteiger partial charge in [-0.3, -0.25) is 9.59 Å². The zero-order chi connectivity index (χ0) is 13.8. The number of nitrogens with one attached hydrogen (secondary N) is 1. The molecule has 1 aromatic rings. The molecule has 1 aromatic carbocycles. The molecule has 1 fully saturated rings. The Labute approximate surface area is 120 Å². The van der Waals surface area contributed by atoms with Gasteiger partial charge in [0.2, 0.25) is 11.8 Å². The average molecular weight is 323 g/mol. The van der Waals surface area contributed by atoms with Gasteiger partial charge in [-0.25, -0.2) is 0 Å². The zero-order valence-electron chi connectivity index (χ0n) is 10.4. The minimum absolute atomic E-state index is 0.0657. The van der Waals surface area contributed by atoms with E-state index < -0.39 is 6.04 Å². The molecule has 100 valence electrons. The summed E-state index contributed by atoms with van der Waals surface area (Å²) in [5.74, 6) is -0.196. The predicted octanol–water partition coefficient (Wildman–Crippen LogP) is 1.46. The summed E-state index contributed by atoms with van der Waals surface area (Å²) in [6.07, 6.45) is 0.511. The van der Waals surface area contributed by atoms with E-state index in [1.807, 2.05) is 30.3 Å². The van der Waals surface area contributed by atoms with E-state index in [9.17, 15) is 9.59 Å². The molecule has 0 aliphatic carbocycles. The van der Waals surface area contributed by atoms with Crippen LogP contribution >= 0.6 is 15.9 Å². The highest BCUT2D eigenvalue weighted by molar-refractivity contribution is 9.11. The van der Waals surface area contributed by atoms with Crippen molar-refractivity contribution in [3.63, 3.8) is 0 Å². The molecular formula is C14H15BrN2O2. The Morgan fingerprint density at radius 1 is 1.37 bits per heavy atom. The molecule has 1 unspecified atom stereocenters. The Hall–Kier alpha value is -1.62. The molecule has 0 radical (unpaired) electrons. The van der Waals surface area contributed by atoms with Gasteiger partial charge in [-0.2, -0.15) is 0 Å². The Balaban J connectivity index is 2.09. The lowest BCUT2D eigenvalue weighted by atomic mass is 10.0. The van der Waals surface area contributed by atoms with Gasteiger partial charge in [0.1, 0.15) is 6.04 Å². The molecule has 2 rings (SSSR count). The van der Waals surface area contributed by atoms with Gasteiger partial charge < -0.3 is 10.2 Å². The van der Waals surface area contributed by atoms with E-state index in [-0.39, 0.29) is 18.4 Å². The minimum atomic E-state index is -0.490. The Bertz CT molecular complexity index is 499. The molecule has 1 atom stereocenters. The van der Waals surface area contributed by atoms with Crippen molar-refractivity contribution in [2.45, 2.75) is 12.5 Å². The number of hydrogen-bond donors (Lipinski definition) is 1. The van der Waals surface area contributed by atoms with Gasteiger partial charge >= 0.3 is 0 Å². The lowest BCUT2D eigenvalue weighted by Crippen LogP contribution is -2.58. The summed E-state index contributed by atoms with van der Waals surface area (Å²) in [4.78, 5) is 25.4. The molecule has 0 bridgehead atoms. The van der Waals surface area contributed by atoms with Crippen LogP contribution in [0.5, 0.6) is 0 Å². The Morgan fingerprint density at radius 2 is 2.05 bits per heavy atom. The number of rotatable bonds is 4. The maximum atomic E-state index is 12.3. The molecule has 4 nitrogen and oxygen atoms in total. The minimum Gasteiger partial charge on any atom is -0.342 e. The van der Waals surface area contributed by atoms with Gasteiger partial charge in [0.25, 0.3) is 0 Å². The van der Waals surface area contributed by atoms with Gasteiger partial charge in [-0.15, -0.1) is 0 Å². The van der Waals surface area contributed by atoms with Crippen LogP contribution in [0.3, 0.4) is 0 Å². The summed E-state index contributed by atoms with van der Waals surface area (Å²) < 4.78 is 0.689. The first kappa shape index (κ1) is 13.8. The second kappa shape index (κ2) is 6.02. The van der Waals surface area contributed by atoms with Crippen LogP contribution in [0.1, 0.15) is 5.56 Å². The van der Waals surface area contributed by atoms with E-state index in [2.05, 4.69) is 27.8 Å². The SMILES string of the molecule is C=C(Br)CN1CC(=O)NC(Cc2ccccc2)C1=O. The summed E-state index contributed by atoms with van der Waals surface area (Å²) in [5, 5.41) is 2.74. The molecule has 1 N–H and O–H groups in total. The second-order valence-electron chi connectivity index (χ2n) is 4.52. The highest BCUT2D eigenvalue weighted by Crippen LogP contribution is 2.12. The third kappa shape index (κ3) is 3.67. The quantitative estimate of drug-likeness (QED) is 0.912. The third-order valence-corrected chi connectivity index (χ3v) is 3.18. The molecule has 5 heteroatoms. The van der Waals surface area contributed by atoms with Crippen LogP contribution in [0.25, 0.3) is 0 Å². The summed E-state index contributed by atoms with van der Waals surface area (Å²) in [6.45, 7) is 4.16. The number of amides is 2. The predicted molar refractivity (Wildman–Crippen MR) is 76.7 cm³/mol. The van der Waals surface area contributed by atoms with Crippen LogP contribution in [0.15, 0.2) is 41.4 Å². The molecule has 0 saturated carbocycles. The Morgan fingerprint density at radius 3 is 2.68 bits per heavy atom. The molecule has 1 heterocycles. The maximum absolute atomic E-state index is 12.3. The molecule has 0 spiro atoms. The van der Waals surface area contributed by atoms with Crippen LogP contribution in [0, 0.1) is 0 Å². The standard InChI is InChI=1S/C14H15BrN2O2/c1-10(15)8-17-9-13(18)16-12(14(17)19)7-11-5-3-2-4-6-11/h2-6,12H,1,7-9H2,(H,16,18). The van der Waals surface area contributed by atoms with E-state index in [4.69, 9.17) is 0 Å². The van der Waals surface area contributed by atoms with Crippen LogP contribution in [0.2, 0.25) is 0 Å². The summed E-state index contributed by atoms with van der Waals surface area (Å²) in [5.41, 5.74) is 1.03. The first-order chi connectivity index (χ1) is 9.06. The fraction of sp³-hybridized carbons (Fsp3) is 0.286. The van der Waals surface area contributed by atoms with Crippen LogP contribution in [0.4, 0.5) is 0 Å². The molecule has 2 amide bonds. The average Bonchev–Trinajstić information content (AvgIpc) is 2.35. The van der Waals surface area contributed by atoms with E-state index >= 15 is 0 Å². The van der Waals surface area contributed by atoms with Gasteiger partial charge in [0.15, 0.2) is 0 Å². The van der Waals surface area contributed by atoms with Crippen LogP contribution < -0.4 is 5.32 Å². The van der Waals surface area contributed by atoms with Gasteiger partial charge in [-0.1, -0.05) is 52.8 Å². The molecule has 1 aliphatic heterocycles. The summed E-state index contributed by atoms with van der Waals surface area (Å²) in [6, 6.07) is 9.16. The molecular weight excluding hydrogens is 308 g/mol. The van der Waals surface area contributed by atoms with Crippen LogP contribution in [-0.2, 0) is 16.0 Å². The summed E-state index contributed by atoms with van der Waals surface area (Å²) in [7, 11) is 0. The van der Waals surface area contributed by atoms with E-state index in [1.165, 1.54) is 4.90 Å². The van der Waals surface area contributed by atoms with Crippen molar-refractivity contribution in [2.75, 3.05) is 13.1 Å². The van der Waals surface area contributed by atoms with E-state index in [0.29, 0.717) is 17.4 Å². The van der Waals surface area contributed by atoms with Gasteiger partial charge in [0.05, 0.1) is 13.1 Å². The van der Waals surface area contributed by atoms with Crippen molar-refractivity contribution in [3.05, 3.63) is 47.0 Å². The summed E-state index contributed by atoms with van der Waals surface area (Å²) >= 11 is 3.22. The molecule has 1 saturated heterocycles. The van der Waals surface area contributed by atoms with Crippen molar-refractivity contribution < 1.29 is 9.59 Å². The van der Waals surface area contributed by atoms with Crippen molar-refractivity contribution in [2.24, 2.45) is 0 Å². The second-order valence-corrected chi connectivity index (χ2v) is 5.64. The molecule has 1 aliphatic rings. The molecule has 19 heavy (non-hydrogen) atoms. The number of piperazine rings is 1. The van der Waals surface area contributed by atoms with Crippen molar-refractivity contribution in [1.82, 2.24) is 10.2 Å². The fourth-order valence-electron chi connectivity index (χ4n) is 2.10. The fourth-order valence-corrected chi connectivity index (χ4v) is 2.41. The van der Waals surface area contributed by atoms with Crippen molar-refractivity contribution in [3.8, 4) is 0 Å². The van der Waals surface area contributed by atoms with E-state index in [1.54, 1.807) is 0 Å². The largest absolute Gasteiger partial charge is 0.342 e. The third-order valence-electron chi connectivity index (χ3n) is 2.92. The number of nitrogens with zero attached hydrogens (tertiary/aromatic N) is 1. The lowest BCUT2D eigenvalue weighted by molar-refractivity contribution is -0.143. The first-order valence-corrected chi connectivity index (χ1v) is 6.81. The highest BCUT2D eigenvalue weighted by Gasteiger charge is 2.32. The smallest absolute Gasteiger partial charge is 0.246 e.